The number of aryl methyl sites for hydroxylation is 1. The van der Waals surface area contributed by atoms with E-state index in [0.717, 1.165) is 6.07 Å². The maximum atomic E-state index is 13.1. The molecule has 22 heavy (non-hydrogen) atoms. The first-order chi connectivity index (χ1) is 10.3. The Kier molecular flexibility index (Phi) is 4.93. The molecule has 0 aromatic heterocycles. The molecule has 2 aromatic rings. The van der Waals surface area contributed by atoms with Crippen molar-refractivity contribution in [1.29, 1.82) is 0 Å². The fourth-order valence-corrected chi connectivity index (χ4v) is 3.19. The van der Waals surface area contributed by atoms with Crippen LogP contribution in [0.5, 0.6) is 5.75 Å². The standard InChI is InChI=1S/C15H15ClFNO3S/c1-3-21-15-7-5-12(8-10(15)2)22(19,20)18-11-4-6-14(17)13(16)9-11/h4-9,18H,3H2,1-2H3. The molecule has 0 heterocycles. The average Bonchev–Trinajstić information content (AvgIpc) is 2.45. The average molecular weight is 344 g/mol. The van der Waals surface area contributed by atoms with Crippen molar-refractivity contribution < 1.29 is 17.5 Å². The summed E-state index contributed by atoms with van der Waals surface area (Å²) in [7, 11) is -3.78. The van der Waals surface area contributed by atoms with Gasteiger partial charge >= 0.3 is 0 Å². The topological polar surface area (TPSA) is 55.4 Å². The quantitative estimate of drug-likeness (QED) is 0.893. The van der Waals surface area contributed by atoms with E-state index >= 15 is 0 Å². The summed E-state index contributed by atoms with van der Waals surface area (Å²) in [6.45, 7) is 4.11. The molecule has 0 bridgehead atoms. The van der Waals surface area contributed by atoms with Crippen LogP contribution in [-0.4, -0.2) is 15.0 Å². The van der Waals surface area contributed by atoms with E-state index in [1.54, 1.807) is 13.0 Å². The van der Waals surface area contributed by atoms with Gasteiger partial charge in [-0.1, -0.05) is 11.6 Å². The molecule has 4 nitrogen and oxygen atoms in total. The highest BCUT2D eigenvalue weighted by atomic mass is 35.5. The molecule has 0 aliphatic heterocycles. The van der Waals surface area contributed by atoms with Crippen molar-refractivity contribution >= 4 is 27.3 Å². The highest BCUT2D eigenvalue weighted by molar-refractivity contribution is 7.92. The Balaban J connectivity index is 2.30. The van der Waals surface area contributed by atoms with Crippen molar-refractivity contribution in [2.75, 3.05) is 11.3 Å². The van der Waals surface area contributed by atoms with Gasteiger partial charge in [-0.2, -0.15) is 0 Å². The molecule has 1 N–H and O–H groups in total. The van der Waals surface area contributed by atoms with Crippen LogP contribution in [-0.2, 0) is 10.0 Å². The predicted octanol–water partition coefficient (Wildman–Crippen LogP) is 3.99. The second kappa shape index (κ2) is 6.54. The molecule has 0 amide bonds. The van der Waals surface area contributed by atoms with E-state index in [9.17, 15) is 12.8 Å². The molecule has 0 spiro atoms. The zero-order chi connectivity index (χ0) is 16.3. The molecule has 2 rings (SSSR count). The molecule has 0 aliphatic carbocycles. The Labute approximate surface area is 133 Å². The van der Waals surface area contributed by atoms with Crippen LogP contribution in [0.15, 0.2) is 41.3 Å². The molecule has 0 atom stereocenters. The summed E-state index contributed by atoms with van der Waals surface area (Å²) in [4.78, 5) is 0.0916. The van der Waals surface area contributed by atoms with Crippen LogP contribution in [0, 0.1) is 12.7 Å². The zero-order valence-corrected chi connectivity index (χ0v) is 13.6. The smallest absolute Gasteiger partial charge is 0.261 e. The summed E-state index contributed by atoms with van der Waals surface area (Å²) in [5.74, 6) is 0.0211. The summed E-state index contributed by atoms with van der Waals surface area (Å²) < 4.78 is 45.5. The van der Waals surface area contributed by atoms with Crippen LogP contribution in [0.2, 0.25) is 5.02 Å². The molecular weight excluding hydrogens is 329 g/mol. The van der Waals surface area contributed by atoms with Crippen LogP contribution in [0.3, 0.4) is 0 Å². The first-order valence-corrected chi connectivity index (χ1v) is 8.41. The zero-order valence-electron chi connectivity index (χ0n) is 12.1. The number of hydrogen-bond donors (Lipinski definition) is 1. The van der Waals surface area contributed by atoms with Crippen molar-refractivity contribution in [3.05, 3.63) is 52.8 Å². The van der Waals surface area contributed by atoms with Gasteiger partial charge in [-0.3, -0.25) is 4.72 Å². The lowest BCUT2D eigenvalue weighted by atomic mass is 10.2. The second-order valence-electron chi connectivity index (χ2n) is 4.59. The minimum absolute atomic E-state index is 0.0916. The van der Waals surface area contributed by atoms with Crippen molar-refractivity contribution in [1.82, 2.24) is 0 Å². The third kappa shape index (κ3) is 3.69. The third-order valence-corrected chi connectivity index (χ3v) is 4.60. The van der Waals surface area contributed by atoms with Gasteiger partial charge in [-0.05, 0) is 55.8 Å². The SMILES string of the molecule is CCOc1ccc(S(=O)(=O)Nc2ccc(F)c(Cl)c2)cc1C. The number of hydrogen-bond acceptors (Lipinski definition) is 3. The normalized spacial score (nSPS) is 11.3. The van der Waals surface area contributed by atoms with Gasteiger partial charge in [0, 0.05) is 0 Å². The minimum Gasteiger partial charge on any atom is -0.494 e. The van der Waals surface area contributed by atoms with Gasteiger partial charge < -0.3 is 4.74 Å². The van der Waals surface area contributed by atoms with E-state index in [4.69, 9.17) is 16.3 Å². The Morgan fingerprint density at radius 1 is 1.23 bits per heavy atom. The predicted molar refractivity (Wildman–Crippen MR) is 84.6 cm³/mol. The van der Waals surface area contributed by atoms with Gasteiger partial charge in [0.05, 0.1) is 22.2 Å². The summed E-state index contributed by atoms with van der Waals surface area (Å²) in [6.07, 6.45) is 0. The Bertz CT molecular complexity index is 793. The number of halogens is 2. The van der Waals surface area contributed by atoms with Crippen molar-refractivity contribution in [3.8, 4) is 5.75 Å². The highest BCUT2D eigenvalue weighted by Crippen LogP contribution is 2.25. The second-order valence-corrected chi connectivity index (χ2v) is 6.68. The van der Waals surface area contributed by atoms with Gasteiger partial charge in [0.15, 0.2) is 0 Å². The number of rotatable bonds is 5. The Morgan fingerprint density at radius 2 is 1.95 bits per heavy atom. The lowest BCUT2D eigenvalue weighted by Crippen LogP contribution is -2.13. The van der Waals surface area contributed by atoms with Crippen LogP contribution in [0.1, 0.15) is 12.5 Å². The minimum atomic E-state index is -3.78. The van der Waals surface area contributed by atoms with Crippen molar-refractivity contribution in [3.63, 3.8) is 0 Å². The van der Waals surface area contributed by atoms with Crippen molar-refractivity contribution in [2.45, 2.75) is 18.7 Å². The van der Waals surface area contributed by atoms with Gasteiger partial charge in [0.1, 0.15) is 11.6 Å². The van der Waals surface area contributed by atoms with E-state index in [-0.39, 0.29) is 15.6 Å². The number of ether oxygens (including phenoxy) is 1. The van der Waals surface area contributed by atoms with Crippen molar-refractivity contribution in [2.24, 2.45) is 0 Å². The molecule has 0 unspecified atom stereocenters. The van der Waals surface area contributed by atoms with Crippen LogP contribution >= 0.6 is 11.6 Å². The van der Waals surface area contributed by atoms with E-state index in [1.165, 1.54) is 24.3 Å². The third-order valence-electron chi connectivity index (χ3n) is 2.93. The monoisotopic (exact) mass is 343 g/mol. The lowest BCUT2D eigenvalue weighted by Gasteiger charge is -2.11. The fraction of sp³-hybridized carbons (Fsp3) is 0.200. The first-order valence-electron chi connectivity index (χ1n) is 6.55. The molecular formula is C15H15ClFNO3S. The van der Waals surface area contributed by atoms with Crippen LogP contribution in [0.25, 0.3) is 0 Å². The molecule has 0 saturated heterocycles. The molecule has 118 valence electrons. The van der Waals surface area contributed by atoms with Crippen LogP contribution in [0.4, 0.5) is 10.1 Å². The van der Waals surface area contributed by atoms with Gasteiger partial charge in [-0.15, -0.1) is 0 Å². The van der Waals surface area contributed by atoms with Gasteiger partial charge in [0.25, 0.3) is 10.0 Å². The highest BCUT2D eigenvalue weighted by Gasteiger charge is 2.16. The Hall–Kier alpha value is -1.79. The molecule has 0 aliphatic rings. The molecule has 2 aromatic carbocycles. The van der Waals surface area contributed by atoms with Gasteiger partial charge in [0.2, 0.25) is 0 Å². The number of benzene rings is 2. The molecule has 0 radical (unpaired) electrons. The summed E-state index contributed by atoms with van der Waals surface area (Å²) in [5.41, 5.74) is 0.903. The summed E-state index contributed by atoms with van der Waals surface area (Å²) in [5, 5.41) is -0.150. The Morgan fingerprint density at radius 3 is 2.55 bits per heavy atom. The molecule has 7 heteroatoms. The number of sulfonamides is 1. The first kappa shape index (κ1) is 16.6. The van der Waals surface area contributed by atoms with E-state index < -0.39 is 15.8 Å². The number of nitrogens with one attached hydrogen (secondary N) is 1. The van der Waals surface area contributed by atoms with E-state index in [2.05, 4.69) is 4.72 Å². The maximum Gasteiger partial charge on any atom is 0.261 e. The van der Waals surface area contributed by atoms with Gasteiger partial charge in [-0.25, -0.2) is 12.8 Å². The lowest BCUT2D eigenvalue weighted by molar-refractivity contribution is 0.337. The largest absolute Gasteiger partial charge is 0.494 e. The fourth-order valence-electron chi connectivity index (χ4n) is 1.88. The van der Waals surface area contributed by atoms with Crippen LogP contribution < -0.4 is 9.46 Å². The summed E-state index contributed by atoms with van der Waals surface area (Å²) in [6, 6.07) is 8.19. The maximum absolute atomic E-state index is 13.1. The van der Waals surface area contributed by atoms with E-state index in [1.807, 2.05) is 6.92 Å². The summed E-state index contributed by atoms with van der Waals surface area (Å²) >= 11 is 5.64. The molecule has 0 fully saturated rings. The molecule has 0 saturated carbocycles. The van der Waals surface area contributed by atoms with E-state index in [0.29, 0.717) is 17.9 Å². The number of anilines is 1.